The topological polar surface area (TPSA) is 71.0 Å². The van der Waals surface area contributed by atoms with Gasteiger partial charge in [-0.2, -0.15) is 0 Å². The molecule has 1 N–H and O–H groups in total. The Morgan fingerprint density at radius 1 is 1.05 bits per heavy atom. The van der Waals surface area contributed by atoms with Gasteiger partial charge in [0, 0.05) is 43.3 Å². The maximum absolute atomic E-state index is 12.7. The number of pyridine rings is 2. The van der Waals surface area contributed by atoms with E-state index in [0.717, 1.165) is 42.9 Å². The molecule has 198 valence electrons. The first kappa shape index (κ1) is 28.2. The number of carbonyl (C=O) groups is 1. The van der Waals surface area contributed by atoms with Crippen molar-refractivity contribution in [3.8, 4) is 0 Å². The molecule has 0 bridgehead atoms. The number of fused-ring (bicyclic) bond motifs is 1. The molecule has 5 rings (SSSR count). The van der Waals surface area contributed by atoms with Gasteiger partial charge in [-0.1, -0.05) is 67.4 Å². The van der Waals surface area contributed by atoms with Gasteiger partial charge in [0.15, 0.2) is 0 Å². The molecule has 4 aromatic rings. The van der Waals surface area contributed by atoms with Crippen LogP contribution in [-0.2, 0) is 26.1 Å². The quantitative estimate of drug-likeness (QED) is 0.242. The lowest BCUT2D eigenvalue weighted by Gasteiger charge is -2.34. The van der Waals surface area contributed by atoms with E-state index in [-0.39, 0.29) is 27.6 Å². The SMILES string of the molecule is CC.O=C(NCc1cccc(CN(Cc2nccs2)C2CCCc3cccnc32)c1)c1c(Cl)cncc1Cl. The van der Waals surface area contributed by atoms with Crippen molar-refractivity contribution in [2.24, 2.45) is 0 Å². The minimum Gasteiger partial charge on any atom is -0.348 e. The van der Waals surface area contributed by atoms with E-state index in [4.69, 9.17) is 28.2 Å². The summed E-state index contributed by atoms with van der Waals surface area (Å²) in [4.78, 5) is 28.4. The van der Waals surface area contributed by atoms with Crippen LogP contribution in [0.5, 0.6) is 0 Å². The van der Waals surface area contributed by atoms with Crippen LogP contribution in [0.25, 0.3) is 0 Å². The second-order valence-corrected chi connectivity index (χ2v) is 10.6. The van der Waals surface area contributed by atoms with Gasteiger partial charge in [0.25, 0.3) is 5.91 Å². The number of aromatic nitrogens is 3. The second kappa shape index (κ2) is 13.8. The number of hydrogen-bond acceptors (Lipinski definition) is 6. The van der Waals surface area contributed by atoms with E-state index in [1.807, 2.05) is 49.8 Å². The predicted molar refractivity (Wildman–Crippen MR) is 154 cm³/mol. The summed E-state index contributed by atoms with van der Waals surface area (Å²) in [5.41, 5.74) is 4.92. The number of amides is 1. The summed E-state index contributed by atoms with van der Waals surface area (Å²) in [5.74, 6) is -0.326. The number of hydrogen-bond donors (Lipinski definition) is 1. The van der Waals surface area contributed by atoms with Gasteiger partial charge < -0.3 is 5.32 Å². The zero-order valence-electron chi connectivity index (χ0n) is 21.5. The van der Waals surface area contributed by atoms with E-state index >= 15 is 0 Å². The summed E-state index contributed by atoms with van der Waals surface area (Å²) >= 11 is 13.9. The highest BCUT2D eigenvalue weighted by Crippen LogP contribution is 2.35. The van der Waals surface area contributed by atoms with Crippen molar-refractivity contribution in [3.05, 3.63) is 110 Å². The summed E-state index contributed by atoms with van der Waals surface area (Å²) in [6, 6.07) is 12.7. The van der Waals surface area contributed by atoms with E-state index in [2.05, 4.69) is 38.4 Å². The van der Waals surface area contributed by atoms with Crippen LogP contribution in [-0.4, -0.2) is 25.8 Å². The molecule has 0 fully saturated rings. The Bertz CT molecular complexity index is 1330. The van der Waals surface area contributed by atoms with Crippen LogP contribution in [0.3, 0.4) is 0 Å². The Labute approximate surface area is 238 Å². The highest BCUT2D eigenvalue weighted by Gasteiger charge is 2.28. The van der Waals surface area contributed by atoms with Gasteiger partial charge in [-0.05, 0) is 42.0 Å². The molecule has 1 unspecified atom stereocenters. The fourth-order valence-electron chi connectivity index (χ4n) is 4.69. The second-order valence-electron chi connectivity index (χ2n) is 8.77. The highest BCUT2D eigenvalue weighted by atomic mass is 35.5. The van der Waals surface area contributed by atoms with E-state index in [0.29, 0.717) is 6.54 Å². The molecule has 0 spiro atoms. The van der Waals surface area contributed by atoms with Crippen LogP contribution in [0, 0.1) is 0 Å². The number of benzene rings is 1. The largest absolute Gasteiger partial charge is 0.348 e. The minimum absolute atomic E-state index is 0.230. The Kier molecular flexibility index (Phi) is 10.2. The maximum atomic E-state index is 12.7. The monoisotopic (exact) mass is 567 g/mol. The van der Waals surface area contributed by atoms with E-state index in [1.165, 1.54) is 29.2 Å². The minimum atomic E-state index is -0.326. The molecule has 0 aliphatic heterocycles. The normalized spacial score (nSPS) is 14.4. The number of thiazole rings is 1. The first-order chi connectivity index (χ1) is 18.6. The Hall–Kier alpha value is -2.84. The lowest BCUT2D eigenvalue weighted by molar-refractivity contribution is 0.0951. The van der Waals surface area contributed by atoms with Crippen molar-refractivity contribution < 1.29 is 4.79 Å². The Morgan fingerprint density at radius 3 is 2.61 bits per heavy atom. The van der Waals surface area contributed by atoms with Crippen molar-refractivity contribution in [1.29, 1.82) is 0 Å². The molecule has 0 radical (unpaired) electrons. The third-order valence-electron chi connectivity index (χ3n) is 6.34. The van der Waals surface area contributed by atoms with E-state index in [1.54, 1.807) is 11.3 Å². The number of carbonyl (C=O) groups excluding carboxylic acids is 1. The summed E-state index contributed by atoms with van der Waals surface area (Å²) in [6.07, 6.45) is 9.86. The zero-order valence-corrected chi connectivity index (χ0v) is 23.9. The number of rotatable bonds is 8. The Balaban J connectivity index is 0.00000164. The molecular formula is C29H31Cl2N5OS. The lowest BCUT2D eigenvalue weighted by Crippen LogP contribution is -2.31. The summed E-state index contributed by atoms with van der Waals surface area (Å²) in [6.45, 7) is 5.88. The van der Waals surface area contributed by atoms with Gasteiger partial charge in [-0.3, -0.25) is 19.7 Å². The summed E-state index contributed by atoms with van der Waals surface area (Å²) < 4.78 is 0. The van der Waals surface area contributed by atoms with Crippen LogP contribution < -0.4 is 5.32 Å². The molecule has 38 heavy (non-hydrogen) atoms. The molecule has 1 amide bonds. The summed E-state index contributed by atoms with van der Waals surface area (Å²) in [7, 11) is 0. The third kappa shape index (κ3) is 6.97. The third-order valence-corrected chi connectivity index (χ3v) is 7.68. The van der Waals surface area contributed by atoms with E-state index in [9.17, 15) is 4.79 Å². The van der Waals surface area contributed by atoms with Crippen LogP contribution in [0.15, 0.2) is 66.6 Å². The number of halogens is 2. The fourth-order valence-corrected chi connectivity index (χ4v) is 5.87. The average molecular weight is 569 g/mol. The van der Waals surface area contributed by atoms with E-state index < -0.39 is 0 Å². The molecule has 1 aliphatic rings. The number of nitrogens with one attached hydrogen (secondary N) is 1. The predicted octanol–water partition coefficient (Wildman–Crippen LogP) is 7.28. The lowest BCUT2D eigenvalue weighted by atomic mass is 9.90. The van der Waals surface area contributed by atoms with Crippen LogP contribution >= 0.6 is 34.5 Å². The van der Waals surface area contributed by atoms with Crippen molar-refractivity contribution in [3.63, 3.8) is 0 Å². The van der Waals surface area contributed by atoms with Crippen LogP contribution in [0.4, 0.5) is 0 Å². The molecule has 3 aromatic heterocycles. The Morgan fingerprint density at radius 2 is 1.84 bits per heavy atom. The first-order valence-corrected chi connectivity index (χ1v) is 14.4. The fraction of sp³-hybridized carbons (Fsp3) is 0.310. The number of aryl methyl sites for hydroxylation is 1. The smallest absolute Gasteiger partial charge is 0.254 e. The van der Waals surface area contributed by atoms with Crippen molar-refractivity contribution in [2.75, 3.05) is 0 Å². The molecule has 1 atom stereocenters. The van der Waals surface area contributed by atoms with Crippen molar-refractivity contribution in [2.45, 2.75) is 58.8 Å². The van der Waals surface area contributed by atoms with Crippen molar-refractivity contribution >= 4 is 40.4 Å². The van der Waals surface area contributed by atoms with Crippen LogP contribution in [0.2, 0.25) is 10.0 Å². The molecule has 1 aliphatic carbocycles. The summed E-state index contributed by atoms with van der Waals surface area (Å²) in [5, 5.41) is 6.49. The standard InChI is InChI=1S/C27H25Cl2N5OS.C2H6/c28-21-14-30-15-22(29)25(21)27(35)33-13-18-4-1-5-19(12-18)16-34(17-24-31-10-11-36-24)23-8-2-6-20-7-3-9-32-26(20)23;1-2/h1,3-5,7,9-12,14-15,23H,2,6,8,13,16-17H2,(H,33,35);1-2H3. The molecular weight excluding hydrogens is 537 g/mol. The molecule has 1 aromatic carbocycles. The highest BCUT2D eigenvalue weighted by molar-refractivity contribution is 7.09. The van der Waals surface area contributed by atoms with Gasteiger partial charge >= 0.3 is 0 Å². The number of nitrogens with zero attached hydrogens (tertiary/aromatic N) is 4. The first-order valence-electron chi connectivity index (χ1n) is 12.8. The molecule has 0 saturated heterocycles. The molecule has 9 heteroatoms. The zero-order chi connectivity index (χ0) is 26.9. The molecule has 6 nitrogen and oxygen atoms in total. The maximum Gasteiger partial charge on any atom is 0.254 e. The van der Waals surface area contributed by atoms with Gasteiger partial charge in [0.1, 0.15) is 5.01 Å². The average Bonchev–Trinajstić information content (AvgIpc) is 3.46. The van der Waals surface area contributed by atoms with Crippen molar-refractivity contribution in [1.82, 2.24) is 25.2 Å². The van der Waals surface area contributed by atoms with Gasteiger partial charge in [0.05, 0.1) is 33.9 Å². The molecule has 0 saturated carbocycles. The molecule has 3 heterocycles. The van der Waals surface area contributed by atoms with Gasteiger partial charge in [-0.15, -0.1) is 11.3 Å². The van der Waals surface area contributed by atoms with Gasteiger partial charge in [-0.25, -0.2) is 4.98 Å². The van der Waals surface area contributed by atoms with Crippen LogP contribution in [0.1, 0.15) is 70.5 Å². The van der Waals surface area contributed by atoms with Gasteiger partial charge in [0.2, 0.25) is 0 Å².